The lowest BCUT2D eigenvalue weighted by Crippen LogP contribution is -2.18. The van der Waals surface area contributed by atoms with E-state index in [9.17, 15) is 8.42 Å². The third kappa shape index (κ3) is 3.68. The van der Waals surface area contributed by atoms with E-state index < -0.39 is 10.0 Å². The third-order valence-corrected chi connectivity index (χ3v) is 4.33. The molecule has 0 atom stereocenters. The molecule has 0 fully saturated rings. The van der Waals surface area contributed by atoms with Crippen LogP contribution in [-0.2, 0) is 10.0 Å². The molecule has 2 rings (SSSR count). The Labute approximate surface area is 119 Å². The lowest BCUT2D eigenvalue weighted by Gasteiger charge is -2.11. The van der Waals surface area contributed by atoms with Crippen LogP contribution < -0.4 is 10.5 Å². The molecule has 0 aliphatic carbocycles. The summed E-state index contributed by atoms with van der Waals surface area (Å²) in [5.41, 5.74) is 7.53. The largest absolute Gasteiger partial charge is 0.330 e. The number of nitrogens with zero attached hydrogens (tertiary/aromatic N) is 1. The number of fused-ring (bicyclic) bond motifs is 1. The first-order chi connectivity index (χ1) is 9.52. The Morgan fingerprint density at radius 2 is 2.00 bits per heavy atom. The van der Waals surface area contributed by atoms with E-state index in [0.29, 0.717) is 25.1 Å². The van der Waals surface area contributed by atoms with Gasteiger partial charge in [-0.1, -0.05) is 18.2 Å². The summed E-state index contributed by atoms with van der Waals surface area (Å²) in [6.07, 6.45) is 1.27. The van der Waals surface area contributed by atoms with E-state index in [1.807, 2.05) is 31.2 Å². The van der Waals surface area contributed by atoms with Gasteiger partial charge in [0, 0.05) is 11.1 Å². The highest BCUT2D eigenvalue weighted by molar-refractivity contribution is 7.92. The molecule has 0 aliphatic heterocycles. The zero-order valence-electron chi connectivity index (χ0n) is 11.5. The Bertz CT molecular complexity index is 699. The van der Waals surface area contributed by atoms with Crippen molar-refractivity contribution in [1.29, 1.82) is 0 Å². The molecular weight excluding hydrogens is 274 g/mol. The topological polar surface area (TPSA) is 85.1 Å². The van der Waals surface area contributed by atoms with Crippen molar-refractivity contribution < 1.29 is 8.42 Å². The predicted molar refractivity (Wildman–Crippen MR) is 82.2 cm³/mol. The Morgan fingerprint density at radius 1 is 1.25 bits per heavy atom. The number of hydrogen-bond donors (Lipinski definition) is 2. The molecule has 2 aromatic rings. The summed E-state index contributed by atoms with van der Waals surface area (Å²) in [5, 5.41) is 0.806. The molecule has 5 nitrogen and oxygen atoms in total. The van der Waals surface area contributed by atoms with Crippen molar-refractivity contribution in [1.82, 2.24) is 4.98 Å². The van der Waals surface area contributed by atoms with Crippen molar-refractivity contribution in [3.63, 3.8) is 0 Å². The van der Waals surface area contributed by atoms with E-state index in [1.165, 1.54) is 0 Å². The highest BCUT2D eigenvalue weighted by Crippen LogP contribution is 2.24. The van der Waals surface area contributed by atoms with E-state index in [1.54, 1.807) is 6.07 Å². The molecule has 1 heterocycles. The van der Waals surface area contributed by atoms with E-state index >= 15 is 0 Å². The van der Waals surface area contributed by atoms with E-state index in [-0.39, 0.29) is 5.75 Å². The fraction of sp³-hybridized carbons (Fsp3) is 0.357. The fourth-order valence-corrected chi connectivity index (χ4v) is 3.24. The number of aromatic nitrogens is 1. The second kappa shape index (κ2) is 6.19. The summed E-state index contributed by atoms with van der Waals surface area (Å²) in [6, 6.07) is 9.23. The van der Waals surface area contributed by atoms with Crippen molar-refractivity contribution in [3.05, 3.63) is 36.0 Å². The van der Waals surface area contributed by atoms with Gasteiger partial charge >= 0.3 is 0 Å². The van der Waals surface area contributed by atoms with Gasteiger partial charge < -0.3 is 5.73 Å². The molecule has 6 heteroatoms. The lowest BCUT2D eigenvalue weighted by molar-refractivity contribution is 0.597. The number of nitrogens with one attached hydrogen (secondary N) is 1. The van der Waals surface area contributed by atoms with Crippen LogP contribution in [-0.4, -0.2) is 25.7 Å². The zero-order chi connectivity index (χ0) is 14.6. The van der Waals surface area contributed by atoms with Crippen LogP contribution in [0.4, 0.5) is 5.69 Å². The van der Waals surface area contributed by atoms with Gasteiger partial charge in [0.25, 0.3) is 0 Å². The second-order valence-electron chi connectivity index (χ2n) is 4.75. The molecule has 20 heavy (non-hydrogen) atoms. The van der Waals surface area contributed by atoms with Crippen molar-refractivity contribution in [2.45, 2.75) is 19.8 Å². The summed E-state index contributed by atoms with van der Waals surface area (Å²) < 4.78 is 26.8. The minimum atomic E-state index is -3.35. The van der Waals surface area contributed by atoms with Crippen LogP contribution in [0.2, 0.25) is 0 Å². The van der Waals surface area contributed by atoms with Crippen LogP contribution in [0.15, 0.2) is 30.3 Å². The molecule has 3 N–H and O–H groups in total. The minimum Gasteiger partial charge on any atom is -0.330 e. The van der Waals surface area contributed by atoms with E-state index in [4.69, 9.17) is 5.73 Å². The Hall–Kier alpha value is -1.66. The number of pyridine rings is 1. The average Bonchev–Trinajstić information content (AvgIpc) is 2.38. The van der Waals surface area contributed by atoms with Crippen LogP contribution in [0.5, 0.6) is 0 Å². The predicted octanol–water partition coefficient (Wildman–Crippen LogP) is 2.02. The van der Waals surface area contributed by atoms with Crippen LogP contribution in [0.1, 0.15) is 18.5 Å². The molecule has 0 amide bonds. The van der Waals surface area contributed by atoms with Gasteiger partial charge in [0.15, 0.2) is 0 Å². The molecule has 0 unspecified atom stereocenters. The first-order valence-electron chi connectivity index (χ1n) is 6.59. The summed E-state index contributed by atoms with van der Waals surface area (Å²) in [4.78, 5) is 4.39. The molecule has 0 saturated heterocycles. The van der Waals surface area contributed by atoms with Crippen molar-refractivity contribution in [2.75, 3.05) is 17.0 Å². The molecule has 1 aromatic heterocycles. The molecule has 0 spiro atoms. The maximum Gasteiger partial charge on any atom is 0.232 e. The van der Waals surface area contributed by atoms with Gasteiger partial charge in [-0.25, -0.2) is 8.42 Å². The van der Waals surface area contributed by atoms with Crippen LogP contribution >= 0.6 is 0 Å². The van der Waals surface area contributed by atoms with Gasteiger partial charge in [-0.3, -0.25) is 9.71 Å². The van der Waals surface area contributed by atoms with Crippen molar-refractivity contribution >= 4 is 26.6 Å². The number of sulfonamides is 1. The van der Waals surface area contributed by atoms with Gasteiger partial charge in [-0.2, -0.15) is 0 Å². The number of benzene rings is 1. The van der Waals surface area contributed by atoms with Gasteiger partial charge in [0.05, 0.1) is 17.0 Å². The average molecular weight is 293 g/mol. The molecule has 108 valence electrons. The molecule has 0 aliphatic rings. The number of unbranched alkanes of at least 4 members (excludes halogenated alkanes) is 1. The van der Waals surface area contributed by atoms with Crippen molar-refractivity contribution in [3.8, 4) is 0 Å². The molecule has 0 radical (unpaired) electrons. The highest BCUT2D eigenvalue weighted by Gasteiger charge is 2.12. The normalized spacial score (nSPS) is 11.7. The van der Waals surface area contributed by atoms with Crippen molar-refractivity contribution in [2.24, 2.45) is 5.73 Å². The second-order valence-corrected chi connectivity index (χ2v) is 6.59. The maximum absolute atomic E-state index is 12.1. The standard InChI is InChI=1S/C14H19N3O2S/c1-11-10-14(12-6-2-3-7-13(12)16-11)17-20(18,19)9-5-4-8-15/h2-3,6-7,10H,4-5,8-9,15H2,1H3,(H,16,17). The number of hydrogen-bond acceptors (Lipinski definition) is 4. The lowest BCUT2D eigenvalue weighted by atomic mass is 10.2. The number of para-hydroxylation sites is 1. The fourth-order valence-electron chi connectivity index (χ4n) is 2.05. The summed E-state index contributed by atoms with van der Waals surface area (Å²) in [6.45, 7) is 2.35. The first-order valence-corrected chi connectivity index (χ1v) is 8.24. The minimum absolute atomic E-state index is 0.0832. The van der Waals surface area contributed by atoms with Gasteiger partial charge in [-0.15, -0.1) is 0 Å². The summed E-state index contributed by atoms with van der Waals surface area (Å²) in [5.74, 6) is 0.0832. The first kappa shape index (κ1) is 14.7. The summed E-state index contributed by atoms with van der Waals surface area (Å²) >= 11 is 0. The van der Waals surface area contributed by atoms with Gasteiger partial charge in [0.1, 0.15) is 0 Å². The summed E-state index contributed by atoms with van der Waals surface area (Å²) in [7, 11) is -3.35. The molecule has 0 bridgehead atoms. The smallest absolute Gasteiger partial charge is 0.232 e. The van der Waals surface area contributed by atoms with E-state index in [0.717, 1.165) is 16.6 Å². The zero-order valence-corrected chi connectivity index (χ0v) is 12.3. The Balaban J connectivity index is 2.29. The number of aryl methyl sites for hydroxylation is 1. The Morgan fingerprint density at radius 3 is 2.75 bits per heavy atom. The Kier molecular flexibility index (Phi) is 4.57. The van der Waals surface area contributed by atoms with Gasteiger partial charge in [0.2, 0.25) is 10.0 Å². The van der Waals surface area contributed by atoms with Crippen LogP contribution in [0.25, 0.3) is 10.9 Å². The monoisotopic (exact) mass is 293 g/mol. The molecule has 0 saturated carbocycles. The number of rotatable bonds is 6. The highest BCUT2D eigenvalue weighted by atomic mass is 32.2. The molecule has 1 aromatic carbocycles. The number of nitrogens with two attached hydrogens (primary N) is 1. The number of anilines is 1. The van der Waals surface area contributed by atoms with Crippen LogP contribution in [0.3, 0.4) is 0 Å². The van der Waals surface area contributed by atoms with Crippen LogP contribution in [0, 0.1) is 6.92 Å². The quantitative estimate of drug-likeness (QED) is 0.798. The SMILES string of the molecule is Cc1cc(NS(=O)(=O)CCCCN)c2ccccc2n1. The van der Waals surface area contributed by atoms with E-state index in [2.05, 4.69) is 9.71 Å². The third-order valence-electron chi connectivity index (χ3n) is 2.98. The molecular formula is C14H19N3O2S. The van der Waals surface area contributed by atoms with Gasteiger partial charge in [-0.05, 0) is 38.4 Å². The maximum atomic E-state index is 12.1.